The molecule has 0 saturated carbocycles. The van der Waals surface area contributed by atoms with E-state index >= 15 is 0 Å². The number of hydrogen-bond acceptors (Lipinski definition) is 0. The zero-order valence-corrected chi connectivity index (χ0v) is 14.0. The molecule has 0 spiro atoms. The Labute approximate surface area is 137 Å². The van der Waals surface area contributed by atoms with E-state index in [4.69, 9.17) is 0 Å². The van der Waals surface area contributed by atoms with Gasteiger partial charge in [0.25, 0.3) is 0 Å². The molecule has 1 nitrogen and oxygen atoms in total. The van der Waals surface area contributed by atoms with E-state index in [0.717, 1.165) is 6.54 Å². The van der Waals surface area contributed by atoms with Crippen molar-refractivity contribution in [1.29, 1.82) is 0 Å². The van der Waals surface area contributed by atoms with Gasteiger partial charge in [-0.3, -0.25) is 0 Å². The zero-order valence-electron chi connectivity index (χ0n) is 14.0. The minimum absolute atomic E-state index is 0.105. The van der Waals surface area contributed by atoms with Gasteiger partial charge in [0.05, 0.1) is 5.41 Å². The zero-order chi connectivity index (χ0) is 16.0. The highest BCUT2D eigenvalue weighted by atomic mass is 15.1. The molecule has 0 aliphatic carbocycles. The van der Waals surface area contributed by atoms with Crippen molar-refractivity contribution in [2.45, 2.75) is 32.7 Å². The fourth-order valence-electron chi connectivity index (χ4n) is 3.67. The minimum atomic E-state index is 0.105. The monoisotopic (exact) mass is 300 g/mol. The summed E-state index contributed by atoms with van der Waals surface area (Å²) in [6.45, 7) is 7.83. The highest BCUT2D eigenvalue weighted by molar-refractivity contribution is 5.93. The molecular formula is C22H22N+. The topological polar surface area (TPSA) is 3.01 Å². The van der Waals surface area contributed by atoms with E-state index in [-0.39, 0.29) is 5.41 Å². The van der Waals surface area contributed by atoms with E-state index in [2.05, 4.69) is 92.1 Å². The van der Waals surface area contributed by atoms with Crippen LogP contribution < -0.4 is 0 Å². The second-order valence-electron chi connectivity index (χ2n) is 7.00. The van der Waals surface area contributed by atoms with Gasteiger partial charge in [0.1, 0.15) is 0 Å². The van der Waals surface area contributed by atoms with Crippen molar-refractivity contribution in [2.24, 2.45) is 0 Å². The molecule has 0 bridgehead atoms. The molecule has 3 aromatic carbocycles. The molecule has 1 aliphatic heterocycles. The third-order valence-corrected chi connectivity index (χ3v) is 5.33. The van der Waals surface area contributed by atoms with Gasteiger partial charge in [-0.2, -0.15) is 4.58 Å². The molecule has 0 fully saturated rings. The van der Waals surface area contributed by atoms with Crippen LogP contribution in [-0.4, -0.2) is 10.3 Å². The molecule has 0 amide bonds. The quantitative estimate of drug-likeness (QED) is 0.555. The van der Waals surface area contributed by atoms with Crippen molar-refractivity contribution < 1.29 is 4.58 Å². The molecule has 0 aromatic heterocycles. The molecule has 4 rings (SSSR count). The van der Waals surface area contributed by atoms with Crippen LogP contribution >= 0.6 is 0 Å². The highest BCUT2D eigenvalue weighted by Gasteiger charge is 2.42. The third kappa shape index (κ3) is 2.19. The molecule has 3 aromatic rings. The summed E-state index contributed by atoms with van der Waals surface area (Å²) in [4.78, 5) is 0. The van der Waals surface area contributed by atoms with Crippen molar-refractivity contribution in [3.05, 3.63) is 77.9 Å². The summed E-state index contributed by atoms with van der Waals surface area (Å²) in [5.74, 6) is 0. The van der Waals surface area contributed by atoms with Crippen molar-refractivity contribution in [2.75, 3.05) is 0 Å². The molecule has 0 atom stereocenters. The van der Waals surface area contributed by atoms with Crippen molar-refractivity contribution in [3.63, 3.8) is 0 Å². The molecule has 0 radical (unpaired) electrons. The lowest BCUT2D eigenvalue weighted by Gasteiger charge is -2.14. The van der Waals surface area contributed by atoms with Crippen LogP contribution in [0.5, 0.6) is 0 Å². The van der Waals surface area contributed by atoms with Gasteiger partial charge < -0.3 is 0 Å². The van der Waals surface area contributed by atoms with E-state index in [1.807, 2.05) is 0 Å². The first-order valence-corrected chi connectivity index (χ1v) is 8.26. The summed E-state index contributed by atoms with van der Waals surface area (Å²) in [6, 6.07) is 24.2. The Morgan fingerprint density at radius 3 is 2.35 bits per heavy atom. The van der Waals surface area contributed by atoms with Crippen LogP contribution in [0, 0.1) is 0 Å². The normalized spacial score (nSPS) is 16.0. The van der Waals surface area contributed by atoms with E-state index in [1.165, 1.54) is 33.3 Å². The SMILES string of the molecule is CC1=[N+](Cc2ccc3ccccc3c2)c2ccccc2C1(C)C. The Bertz CT molecular complexity index is 931. The van der Waals surface area contributed by atoms with E-state index in [9.17, 15) is 0 Å². The van der Waals surface area contributed by atoms with Crippen molar-refractivity contribution >= 4 is 22.2 Å². The lowest BCUT2D eigenvalue weighted by Crippen LogP contribution is -2.26. The van der Waals surface area contributed by atoms with Crippen molar-refractivity contribution in [3.8, 4) is 0 Å². The molecule has 1 heteroatoms. The maximum atomic E-state index is 2.47. The van der Waals surface area contributed by atoms with E-state index < -0.39 is 0 Å². The smallest absolute Gasteiger partial charge is 0.195 e. The lowest BCUT2D eigenvalue weighted by atomic mass is 9.82. The number of rotatable bonds is 2. The van der Waals surface area contributed by atoms with Crippen LogP contribution in [0.25, 0.3) is 10.8 Å². The average molecular weight is 300 g/mol. The standard InChI is InChI=1S/C22H22N/c1-16-22(2,3)20-10-6-7-11-21(20)23(16)15-17-12-13-18-8-4-5-9-19(18)14-17/h4-14H,15H2,1-3H3/q+1. The molecule has 1 heterocycles. The number of fused-ring (bicyclic) bond motifs is 2. The predicted molar refractivity (Wildman–Crippen MR) is 97.7 cm³/mol. The maximum absolute atomic E-state index is 2.47. The van der Waals surface area contributed by atoms with E-state index in [1.54, 1.807) is 0 Å². The Morgan fingerprint density at radius 2 is 1.52 bits per heavy atom. The first kappa shape index (κ1) is 14.2. The first-order valence-electron chi connectivity index (χ1n) is 8.26. The Kier molecular flexibility index (Phi) is 3.12. The van der Waals surface area contributed by atoms with Gasteiger partial charge in [0.2, 0.25) is 5.69 Å². The summed E-state index contributed by atoms with van der Waals surface area (Å²) in [5, 5.41) is 2.62. The van der Waals surface area contributed by atoms with E-state index in [0.29, 0.717) is 0 Å². The van der Waals surface area contributed by atoms with Crippen LogP contribution in [0.4, 0.5) is 5.69 Å². The van der Waals surface area contributed by atoms with Crippen molar-refractivity contribution in [1.82, 2.24) is 0 Å². The van der Waals surface area contributed by atoms with Gasteiger partial charge in [0, 0.05) is 24.1 Å². The Hall–Kier alpha value is -2.41. The summed E-state index contributed by atoms with van der Waals surface area (Å²) >= 11 is 0. The van der Waals surface area contributed by atoms with Crippen LogP contribution in [0.2, 0.25) is 0 Å². The molecule has 0 saturated heterocycles. The summed E-state index contributed by atoms with van der Waals surface area (Å²) in [6.07, 6.45) is 0. The second-order valence-corrected chi connectivity index (χ2v) is 7.00. The summed E-state index contributed by atoms with van der Waals surface area (Å²) < 4.78 is 2.47. The van der Waals surface area contributed by atoms with Crippen LogP contribution in [0.15, 0.2) is 66.7 Å². The second kappa shape index (κ2) is 5.06. The van der Waals surface area contributed by atoms with Gasteiger partial charge in [-0.25, -0.2) is 0 Å². The maximum Gasteiger partial charge on any atom is 0.209 e. The third-order valence-electron chi connectivity index (χ3n) is 5.33. The van der Waals surface area contributed by atoms with Gasteiger partial charge in [-0.05, 0) is 30.7 Å². The number of hydrogen-bond donors (Lipinski definition) is 0. The number of benzene rings is 3. The van der Waals surface area contributed by atoms with Crippen LogP contribution in [0.3, 0.4) is 0 Å². The Balaban J connectivity index is 1.79. The molecule has 0 N–H and O–H groups in total. The molecule has 114 valence electrons. The largest absolute Gasteiger partial charge is 0.209 e. The van der Waals surface area contributed by atoms with Crippen LogP contribution in [0.1, 0.15) is 31.9 Å². The first-order chi connectivity index (χ1) is 11.1. The predicted octanol–water partition coefficient (Wildman–Crippen LogP) is 5.44. The Morgan fingerprint density at radius 1 is 0.826 bits per heavy atom. The number of para-hydroxylation sites is 1. The summed E-state index contributed by atoms with van der Waals surface area (Å²) in [7, 11) is 0. The molecule has 0 unspecified atom stereocenters. The summed E-state index contributed by atoms with van der Waals surface area (Å²) in [5.41, 5.74) is 5.66. The molecule has 1 aliphatic rings. The van der Waals surface area contributed by atoms with Gasteiger partial charge in [0.15, 0.2) is 12.3 Å². The average Bonchev–Trinajstić information content (AvgIpc) is 2.76. The molecule has 23 heavy (non-hydrogen) atoms. The fourth-order valence-corrected chi connectivity index (χ4v) is 3.67. The van der Waals surface area contributed by atoms with Gasteiger partial charge in [-0.15, -0.1) is 0 Å². The minimum Gasteiger partial charge on any atom is -0.195 e. The van der Waals surface area contributed by atoms with Gasteiger partial charge in [-0.1, -0.05) is 54.6 Å². The molecular weight excluding hydrogens is 278 g/mol. The van der Waals surface area contributed by atoms with Gasteiger partial charge >= 0.3 is 0 Å². The highest BCUT2D eigenvalue weighted by Crippen LogP contribution is 2.39. The lowest BCUT2D eigenvalue weighted by molar-refractivity contribution is -0.456. The fraction of sp³-hybridized carbons (Fsp3) is 0.227. The van der Waals surface area contributed by atoms with Crippen LogP contribution in [-0.2, 0) is 12.0 Å². The number of nitrogens with zero attached hydrogens (tertiary/aromatic N) is 1.